The first-order valence-electron chi connectivity index (χ1n) is 15.4. The number of phenols is 2. The maximum absolute atomic E-state index is 13.6. The molecule has 0 atom stereocenters. The molecule has 3 N–H and O–H groups in total. The molecule has 242 valence electrons. The van der Waals surface area contributed by atoms with Crippen LogP contribution in [0.1, 0.15) is 48.5 Å². The molecule has 0 fully saturated rings. The SMILES string of the molecule is O=C(NCCN1C(=O)CN=C(c2ccccc2)c2cc(Cl)ccc21)c1ccc2c(c1)C1(OC2=O)c2ccc(O)cc2Oc2cc(O)ccc21. The number of ether oxygens (including phenoxy) is 2. The van der Waals surface area contributed by atoms with Crippen molar-refractivity contribution in [3.63, 3.8) is 0 Å². The molecule has 49 heavy (non-hydrogen) atoms. The number of benzene rings is 5. The number of hydrogen-bond donors (Lipinski definition) is 3. The highest BCUT2D eigenvalue weighted by atomic mass is 35.5. The summed E-state index contributed by atoms with van der Waals surface area (Å²) in [6.07, 6.45) is 0. The van der Waals surface area contributed by atoms with Gasteiger partial charge in [0.15, 0.2) is 5.60 Å². The Labute approximate surface area is 284 Å². The molecule has 8 rings (SSSR count). The Bertz CT molecular complexity index is 2200. The van der Waals surface area contributed by atoms with Gasteiger partial charge in [0.1, 0.15) is 29.5 Å². The smallest absolute Gasteiger partial charge is 0.340 e. The molecule has 1 spiro atoms. The molecular formula is C38H26ClN3O7. The number of halogens is 1. The predicted molar refractivity (Wildman–Crippen MR) is 181 cm³/mol. The molecule has 5 aromatic carbocycles. The number of esters is 1. The summed E-state index contributed by atoms with van der Waals surface area (Å²) in [6.45, 7) is 0.203. The van der Waals surface area contributed by atoms with E-state index in [4.69, 9.17) is 21.1 Å². The maximum Gasteiger partial charge on any atom is 0.340 e. The van der Waals surface area contributed by atoms with Crippen molar-refractivity contribution in [2.45, 2.75) is 5.60 Å². The van der Waals surface area contributed by atoms with Crippen molar-refractivity contribution in [1.82, 2.24) is 5.32 Å². The molecule has 2 amide bonds. The molecule has 0 aromatic heterocycles. The number of nitrogens with one attached hydrogen (secondary N) is 1. The standard InChI is InChI=1S/C38H26ClN3O7/c39-23-7-13-31-27(17-23)35(21-4-2-1-3-5-21)41-20-34(45)42(31)15-14-40-36(46)22-6-10-26-30(16-22)38(49-37(26)47)28-11-8-24(43)18-32(28)48-33-19-25(44)9-12-29(33)38/h1-13,16-19,43-44H,14-15,20H2,(H,40,46). The second kappa shape index (κ2) is 11.5. The molecule has 0 saturated heterocycles. The van der Waals surface area contributed by atoms with Gasteiger partial charge < -0.3 is 29.9 Å². The van der Waals surface area contributed by atoms with Crippen LogP contribution in [0.5, 0.6) is 23.0 Å². The summed E-state index contributed by atoms with van der Waals surface area (Å²) in [5.74, 6) is -0.919. The van der Waals surface area contributed by atoms with Crippen molar-refractivity contribution >= 4 is 40.8 Å². The maximum atomic E-state index is 13.6. The topological polar surface area (TPSA) is 138 Å². The van der Waals surface area contributed by atoms with Crippen molar-refractivity contribution in [3.8, 4) is 23.0 Å². The lowest BCUT2D eigenvalue weighted by Crippen LogP contribution is -2.39. The van der Waals surface area contributed by atoms with Crippen LogP contribution in [0.25, 0.3) is 0 Å². The summed E-state index contributed by atoms with van der Waals surface area (Å²) in [4.78, 5) is 46.5. The average molecular weight is 672 g/mol. The molecule has 0 bridgehead atoms. The number of benzodiazepines with no additional fused rings is 1. The Morgan fingerprint density at radius 3 is 2.27 bits per heavy atom. The van der Waals surface area contributed by atoms with E-state index in [1.54, 1.807) is 41.3 Å². The number of anilines is 1. The normalized spacial score (nSPS) is 15.2. The number of rotatable bonds is 5. The van der Waals surface area contributed by atoms with Crippen molar-refractivity contribution in [2.24, 2.45) is 4.99 Å². The Kier molecular flexibility index (Phi) is 7.11. The fraction of sp³-hybridized carbons (Fsp3) is 0.105. The Hall–Kier alpha value is -6.13. The van der Waals surface area contributed by atoms with Gasteiger partial charge in [0, 0.05) is 63.6 Å². The summed E-state index contributed by atoms with van der Waals surface area (Å²) in [7, 11) is 0. The monoisotopic (exact) mass is 671 g/mol. The zero-order chi connectivity index (χ0) is 33.9. The lowest BCUT2D eigenvalue weighted by molar-refractivity contribution is -0.117. The van der Waals surface area contributed by atoms with E-state index < -0.39 is 17.5 Å². The minimum Gasteiger partial charge on any atom is -0.508 e. The molecule has 3 aliphatic rings. The molecule has 3 heterocycles. The number of nitrogens with zero attached hydrogens (tertiary/aromatic N) is 2. The third-order valence-electron chi connectivity index (χ3n) is 8.88. The van der Waals surface area contributed by atoms with Gasteiger partial charge in [-0.2, -0.15) is 0 Å². The van der Waals surface area contributed by atoms with Gasteiger partial charge in [-0.25, -0.2) is 4.79 Å². The Balaban J connectivity index is 1.09. The van der Waals surface area contributed by atoms with Gasteiger partial charge in [0.25, 0.3) is 5.91 Å². The summed E-state index contributed by atoms with van der Waals surface area (Å²) in [5, 5.41) is 23.8. The van der Waals surface area contributed by atoms with E-state index in [2.05, 4.69) is 10.3 Å². The molecule has 0 saturated carbocycles. The van der Waals surface area contributed by atoms with Crippen LogP contribution in [0.2, 0.25) is 5.02 Å². The Morgan fingerprint density at radius 1 is 0.837 bits per heavy atom. The highest BCUT2D eigenvalue weighted by Crippen LogP contribution is 2.57. The van der Waals surface area contributed by atoms with Gasteiger partial charge in [0.2, 0.25) is 5.91 Å². The van der Waals surface area contributed by atoms with E-state index >= 15 is 0 Å². The fourth-order valence-electron chi connectivity index (χ4n) is 6.70. The highest BCUT2D eigenvalue weighted by molar-refractivity contribution is 6.32. The molecule has 3 aliphatic heterocycles. The zero-order valence-electron chi connectivity index (χ0n) is 25.6. The van der Waals surface area contributed by atoms with Crippen LogP contribution in [-0.2, 0) is 15.1 Å². The molecular weight excluding hydrogens is 646 g/mol. The van der Waals surface area contributed by atoms with Gasteiger partial charge in [-0.05, 0) is 60.7 Å². The van der Waals surface area contributed by atoms with Gasteiger partial charge >= 0.3 is 5.97 Å². The third kappa shape index (κ3) is 4.96. The first-order chi connectivity index (χ1) is 23.7. The fourth-order valence-corrected chi connectivity index (χ4v) is 6.87. The van der Waals surface area contributed by atoms with E-state index in [-0.39, 0.29) is 59.7 Å². The number of aliphatic imine (C=N–C) groups is 1. The predicted octanol–water partition coefficient (Wildman–Crippen LogP) is 5.93. The highest BCUT2D eigenvalue weighted by Gasteiger charge is 2.54. The summed E-state index contributed by atoms with van der Waals surface area (Å²) >= 11 is 6.38. The number of hydrogen-bond acceptors (Lipinski definition) is 8. The van der Waals surface area contributed by atoms with Gasteiger partial charge in [0.05, 0.1) is 17.0 Å². The van der Waals surface area contributed by atoms with Crippen LogP contribution >= 0.6 is 11.6 Å². The molecule has 11 heteroatoms. The first-order valence-corrected chi connectivity index (χ1v) is 15.8. The minimum atomic E-state index is -1.51. The van der Waals surface area contributed by atoms with E-state index in [0.29, 0.717) is 38.7 Å². The molecule has 10 nitrogen and oxygen atoms in total. The van der Waals surface area contributed by atoms with Crippen LogP contribution in [0.15, 0.2) is 108 Å². The zero-order valence-corrected chi connectivity index (χ0v) is 26.4. The molecule has 0 radical (unpaired) electrons. The molecule has 0 unspecified atom stereocenters. The average Bonchev–Trinajstić information content (AvgIpc) is 3.30. The Morgan fingerprint density at radius 2 is 1.55 bits per heavy atom. The van der Waals surface area contributed by atoms with E-state index in [0.717, 1.165) is 5.56 Å². The number of carbonyl (C=O) groups is 3. The summed E-state index contributed by atoms with van der Waals surface area (Å²) < 4.78 is 12.1. The second-order valence-corrected chi connectivity index (χ2v) is 12.2. The third-order valence-corrected chi connectivity index (χ3v) is 9.12. The van der Waals surface area contributed by atoms with Crippen LogP contribution in [0.3, 0.4) is 0 Å². The largest absolute Gasteiger partial charge is 0.508 e. The summed E-state index contributed by atoms with van der Waals surface area (Å²) in [5.41, 5.74) is 3.17. The van der Waals surface area contributed by atoms with Crippen molar-refractivity contribution < 1.29 is 34.1 Å². The lowest BCUT2D eigenvalue weighted by Gasteiger charge is -2.36. The van der Waals surface area contributed by atoms with Gasteiger partial charge in [-0.3, -0.25) is 14.6 Å². The van der Waals surface area contributed by atoms with E-state index in [1.807, 2.05) is 30.3 Å². The van der Waals surface area contributed by atoms with Crippen LogP contribution in [-0.4, -0.2) is 53.3 Å². The van der Waals surface area contributed by atoms with E-state index in [9.17, 15) is 24.6 Å². The number of phenolic OH excluding ortho intramolecular Hbond substituents is 2. The summed E-state index contributed by atoms with van der Waals surface area (Å²) in [6, 6.07) is 28.4. The quantitative estimate of drug-likeness (QED) is 0.197. The van der Waals surface area contributed by atoms with Crippen molar-refractivity contribution in [1.29, 1.82) is 0 Å². The minimum absolute atomic E-state index is 0.0633. The second-order valence-electron chi connectivity index (χ2n) is 11.8. The molecule has 0 aliphatic carbocycles. The number of carbonyl (C=O) groups excluding carboxylic acids is 3. The van der Waals surface area contributed by atoms with Crippen molar-refractivity contribution in [3.05, 3.63) is 147 Å². The van der Waals surface area contributed by atoms with Crippen LogP contribution in [0.4, 0.5) is 5.69 Å². The van der Waals surface area contributed by atoms with Crippen LogP contribution < -0.4 is 15.0 Å². The van der Waals surface area contributed by atoms with Crippen LogP contribution in [0, 0.1) is 0 Å². The molecule has 5 aromatic rings. The number of fused-ring (bicyclic) bond motifs is 7. The number of amides is 2. The van der Waals surface area contributed by atoms with Crippen molar-refractivity contribution in [2.75, 3.05) is 24.5 Å². The van der Waals surface area contributed by atoms with Gasteiger partial charge in [-0.1, -0.05) is 41.9 Å². The first kappa shape index (κ1) is 30.2. The lowest BCUT2D eigenvalue weighted by atomic mass is 9.77. The van der Waals surface area contributed by atoms with Gasteiger partial charge in [-0.15, -0.1) is 0 Å². The number of aromatic hydroxyl groups is 2. The van der Waals surface area contributed by atoms with E-state index in [1.165, 1.54) is 36.4 Å².